The first-order valence-corrected chi connectivity index (χ1v) is 6.85. The number of hydrogen-bond donors (Lipinski definition) is 1. The van der Waals surface area contributed by atoms with E-state index in [1.54, 1.807) is 11.8 Å². The highest BCUT2D eigenvalue weighted by Crippen LogP contribution is 2.21. The molecule has 0 fully saturated rings. The molecular weight excluding hydrogens is 264 g/mol. The smallest absolute Gasteiger partial charge is 0.303 e. The van der Waals surface area contributed by atoms with Crippen molar-refractivity contribution in [1.29, 1.82) is 0 Å². The zero-order valence-electron chi connectivity index (χ0n) is 10.5. The van der Waals surface area contributed by atoms with Gasteiger partial charge in [0.25, 0.3) is 0 Å². The molecule has 1 aromatic heterocycles. The van der Waals surface area contributed by atoms with Crippen LogP contribution >= 0.6 is 11.8 Å². The summed E-state index contributed by atoms with van der Waals surface area (Å²) in [6, 6.07) is 8.20. The minimum Gasteiger partial charge on any atom is -0.481 e. The Kier molecular flexibility index (Phi) is 4.57. The summed E-state index contributed by atoms with van der Waals surface area (Å²) in [5.74, 6) is 0.709. The number of aliphatic carboxylic acids is 1. The van der Waals surface area contributed by atoms with Crippen molar-refractivity contribution >= 4 is 17.7 Å². The molecule has 0 saturated heterocycles. The van der Waals surface area contributed by atoms with Crippen LogP contribution in [-0.2, 0) is 17.0 Å². The topological polar surface area (TPSA) is 76.2 Å². The predicted octanol–water partition coefficient (Wildman–Crippen LogP) is 2.69. The van der Waals surface area contributed by atoms with Gasteiger partial charge in [-0.05, 0) is 19.1 Å². The van der Waals surface area contributed by atoms with E-state index in [-0.39, 0.29) is 12.8 Å². The molecule has 0 spiro atoms. The van der Waals surface area contributed by atoms with Gasteiger partial charge in [0.05, 0.1) is 12.2 Å². The van der Waals surface area contributed by atoms with E-state index in [1.807, 2.05) is 19.1 Å². The van der Waals surface area contributed by atoms with E-state index >= 15 is 0 Å². The molecule has 5 nitrogen and oxygen atoms in total. The van der Waals surface area contributed by atoms with Gasteiger partial charge in [-0.2, -0.15) is 4.98 Å². The van der Waals surface area contributed by atoms with Gasteiger partial charge in [0, 0.05) is 11.3 Å². The minimum atomic E-state index is -0.867. The van der Waals surface area contributed by atoms with Gasteiger partial charge in [-0.15, -0.1) is 11.8 Å². The summed E-state index contributed by atoms with van der Waals surface area (Å²) in [5.41, 5.74) is 1.22. The molecule has 0 radical (unpaired) electrons. The molecule has 2 rings (SSSR count). The number of carboxylic acids is 1. The number of carboxylic acid groups (broad SMARTS) is 1. The number of thioether (sulfide) groups is 1. The highest BCUT2D eigenvalue weighted by Gasteiger charge is 2.08. The monoisotopic (exact) mass is 278 g/mol. The Morgan fingerprint density at radius 1 is 1.37 bits per heavy atom. The number of aryl methyl sites for hydroxylation is 2. The molecular formula is C13H14N2O3S. The van der Waals surface area contributed by atoms with Crippen molar-refractivity contribution < 1.29 is 14.4 Å². The van der Waals surface area contributed by atoms with Crippen LogP contribution in [0.4, 0.5) is 0 Å². The Labute approximate surface area is 115 Å². The maximum atomic E-state index is 10.4. The number of nitrogens with zero attached hydrogens (tertiary/aromatic N) is 2. The third-order valence-corrected chi connectivity index (χ3v) is 3.46. The largest absolute Gasteiger partial charge is 0.481 e. The predicted molar refractivity (Wildman–Crippen MR) is 71.0 cm³/mol. The Balaban J connectivity index is 1.86. The van der Waals surface area contributed by atoms with Crippen LogP contribution in [0.15, 0.2) is 33.7 Å². The zero-order valence-corrected chi connectivity index (χ0v) is 11.3. The van der Waals surface area contributed by atoms with Gasteiger partial charge in [0.1, 0.15) is 0 Å². The molecule has 19 heavy (non-hydrogen) atoms. The fourth-order valence-electron chi connectivity index (χ4n) is 1.45. The quantitative estimate of drug-likeness (QED) is 0.819. The Morgan fingerprint density at radius 2 is 2.11 bits per heavy atom. The second-order valence-corrected chi connectivity index (χ2v) is 5.15. The number of aromatic nitrogens is 2. The molecule has 0 bridgehead atoms. The van der Waals surface area contributed by atoms with Crippen LogP contribution in [0.2, 0.25) is 0 Å². The number of rotatable bonds is 6. The van der Waals surface area contributed by atoms with E-state index in [0.29, 0.717) is 17.5 Å². The molecule has 0 aliphatic heterocycles. The van der Waals surface area contributed by atoms with Crippen LogP contribution in [0.1, 0.15) is 23.7 Å². The fraction of sp³-hybridized carbons (Fsp3) is 0.308. The van der Waals surface area contributed by atoms with E-state index in [2.05, 4.69) is 22.3 Å². The summed E-state index contributed by atoms with van der Waals surface area (Å²) in [5, 5.41) is 12.4. The number of hydrogen-bond acceptors (Lipinski definition) is 5. The van der Waals surface area contributed by atoms with Crippen molar-refractivity contribution in [1.82, 2.24) is 10.1 Å². The van der Waals surface area contributed by atoms with Gasteiger partial charge >= 0.3 is 5.97 Å². The van der Waals surface area contributed by atoms with Gasteiger partial charge in [-0.1, -0.05) is 22.9 Å². The lowest BCUT2D eigenvalue weighted by Crippen LogP contribution is -1.97. The van der Waals surface area contributed by atoms with Crippen molar-refractivity contribution in [3.8, 4) is 0 Å². The van der Waals surface area contributed by atoms with Crippen LogP contribution in [0, 0.1) is 6.92 Å². The van der Waals surface area contributed by atoms with Gasteiger partial charge in [-0.3, -0.25) is 4.79 Å². The zero-order chi connectivity index (χ0) is 13.7. The maximum absolute atomic E-state index is 10.4. The van der Waals surface area contributed by atoms with Gasteiger partial charge in [-0.25, -0.2) is 0 Å². The summed E-state index contributed by atoms with van der Waals surface area (Å²) in [7, 11) is 0. The van der Waals surface area contributed by atoms with E-state index in [9.17, 15) is 4.79 Å². The SMILES string of the molecule is Cc1ccc(SCc2noc(CCC(=O)O)n2)cc1. The molecule has 100 valence electrons. The van der Waals surface area contributed by atoms with Crippen molar-refractivity contribution in [2.24, 2.45) is 0 Å². The van der Waals surface area contributed by atoms with Crippen molar-refractivity contribution in [3.63, 3.8) is 0 Å². The van der Waals surface area contributed by atoms with Crippen LogP contribution in [0.25, 0.3) is 0 Å². The molecule has 0 amide bonds. The van der Waals surface area contributed by atoms with Crippen LogP contribution < -0.4 is 0 Å². The van der Waals surface area contributed by atoms with Crippen LogP contribution in [-0.4, -0.2) is 21.2 Å². The molecule has 1 N–H and O–H groups in total. The molecule has 0 unspecified atom stereocenters. The lowest BCUT2D eigenvalue weighted by atomic mass is 10.2. The second kappa shape index (κ2) is 6.38. The summed E-state index contributed by atoms with van der Waals surface area (Å²) >= 11 is 1.62. The summed E-state index contributed by atoms with van der Waals surface area (Å²) in [6.45, 7) is 2.04. The molecule has 6 heteroatoms. The van der Waals surface area contributed by atoms with Gasteiger partial charge in [0.2, 0.25) is 5.89 Å². The summed E-state index contributed by atoms with van der Waals surface area (Å²) in [6.07, 6.45) is 0.282. The first-order valence-electron chi connectivity index (χ1n) is 5.86. The van der Waals surface area contributed by atoms with Crippen molar-refractivity contribution in [3.05, 3.63) is 41.5 Å². The second-order valence-electron chi connectivity index (χ2n) is 4.10. The molecule has 2 aromatic rings. The van der Waals surface area contributed by atoms with Crippen molar-refractivity contribution in [2.45, 2.75) is 30.4 Å². The molecule has 0 aliphatic carbocycles. The van der Waals surface area contributed by atoms with Crippen molar-refractivity contribution in [2.75, 3.05) is 0 Å². The minimum absolute atomic E-state index is 0.00668. The van der Waals surface area contributed by atoms with Gasteiger partial charge in [0.15, 0.2) is 5.82 Å². The average Bonchev–Trinajstić information content (AvgIpc) is 2.84. The molecule has 0 atom stereocenters. The molecule has 1 heterocycles. The number of carbonyl (C=O) groups is 1. The molecule has 1 aromatic carbocycles. The van der Waals surface area contributed by atoms with E-state index < -0.39 is 5.97 Å². The first kappa shape index (κ1) is 13.6. The van der Waals surface area contributed by atoms with Crippen LogP contribution in [0.3, 0.4) is 0 Å². The highest BCUT2D eigenvalue weighted by atomic mass is 32.2. The van der Waals surface area contributed by atoms with E-state index in [1.165, 1.54) is 5.56 Å². The third kappa shape index (κ3) is 4.40. The normalized spacial score (nSPS) is 10.6. The first-order chi connectivity index (χ1) is 9.13. The Morgan fingerprint density at radius 3 is 2.79 bits per heavy atom. The summed E-state index contributed by atoms with van der Waals surface area (Å²) < 4.78 is 4.98. The molecule has 0 saturated carbocycles. The average molecular weight is 278 g/mol. The van der Waals surface area contributed by atoms with Gasteiger partial charge < -0.3 is 9.63 Å². The number of benzene rings is 1. The maximum Gasteiger partial charge on any atom is 0.303 e. The summed E-state index contributed by atoms with van der Waals surface area (Å²) in [4.78, 5) is 15.7. The highest BCUT2D eigenvalue weighted by molar-refractivity contribution is 7.98. The molecule has 0 aliphatic rings. The van der Waals surface area contributed by atoms with E-state index in [0.717, 1.165) is 4.90 Å². The standard InChI is InChI=1S/C13H14N2O3S/c1-9-2-4-10(5-3-9)19-8-11-14-12(18-15-11)6-7-13(16)17/h2-5H,6-8H2,1H3,(H,16,17). The Hall–Kier alpha value is -1.82. The van der Waals surface area contributed by atoms with Crippen LogP contribution in [0.5, 0.6) is 0 Å². The Bertz CT molecular complexity index is 551. The lowest BCUT2D eigenvalue weighted by molar-refractivity contribution is -0.137. The fourth-order valence-corrected chi connectivity index (χ4v) is 2.19. The van der Waals surface area contributed by atoms with E-state index in [4.69, 9.17) is 9.63 Å². The lowest BCUT2D eigenvalue weighted by Gasteiger charge is -1.98. The third-order valence-electron chi connectivity index (χ3n) is 2.45.